The van der Waals surface area contributed by atoms with Crippen LogP contribution >= 0.6 is 11.6 Å². The van der Waals surface area contributed by atoms with Gasteiger partial charge in [0.25, 0.3) is 0 Å². The molecule has 0 saturated heterocycles. The van der Waals surface area contributed by atoms with Gasteiger partial charge in [-0.05, 0) is 44.2 Å². The van der Waals surface area contributed by atoms with Crippen LogP contribution in [0.2, 0.25) is 5.02 Å². The summed E-state index contributed by atoms with van der Waals surface area (Å²) < 4.78 is 0. The average Bonchev–Trinajstić information content (AvgIpc) is 2.42. The highest BCUT2D eigenvalue weighted by atomic mass is 35.5. The number of carbonyl (C=O) groups is 2. The molecule has 110 valence electrons. The van der Waals surface area contributed by atoms with Gasteiger partial charge in [0.15, 0.2) is 5.78 Å². The van der Waals surface area contributed by atoms with E-state index in [2.05, 4.69) is 6.92 Å². The molecule has 1 aromatic carbocycles. The van der Waals surface area contributed by atoms with E-state index in [1.807, 2.05) is 4.90 Å². The van der Waals surface area contributed by atoms with E-state index < -0.39 is 5.91 Å². The van der Waals surface area contributed by atoms with E-state index in [9.17, 15) is 9.59 Å². The number of amides is 1. The first-order valence-corrected chi connectivity index (χ1v) is 7.15. The molecule has 1 aromatic rings. The van der Waals surface area contributed by atoms with Crippen LogP contribution in [0.15, 0.2) is 24.3 Å². The third kappa shape index (κ3) is 4.94. The normalized spacial score (nSPS) is 12.4. The van der Waals surface area contributed by atoms with Gasteiger partial charge in [-0.15, -0.1) is 0 Å². The topological polar surface area (TPSA) is 63.4 Å². The second-order valence-electron chi connectivity index (χ2n) is 4.84. The minimum Gasteiger partial charge on any atom is -0.369 e. The molecule has 0 spiro atoms. The number of benzene rings is 1. The fraction of sp³-hybridized carbons (Fsp3) is 0.467. The zero-order chi connectivity index (χ0) is 15.1. The molecule has 0 heterocycles. The van der Waals surface area contributed by atoms with Gasteiger partial charge in [-0.2, -0.15) is 0 Å². The summed E-state index contributed by atoms with van der Waals surface area (Å²) in [5, 5.41) is 0.592. The lowest BCUT2D eigenvalue weighted by molar-refractivity contribution is -0.119. The zero-order valence-corrected chi connectivity index (χ0v) is 12.7. The number of halogens is 1. The molecule has 4 nitrogen and oxygen atoms in total. The maximum absolute atomic E-state index is 12.4. The number of unbranched alkanes of at least 4 members (excludes halogenated alkanes) is 1. The molecule has 0 aliphatic rings. The van der Waals surface area contributed by atoms with Gasteiger partial charge in [0.1, 0.15) is 0 Å². The van der Waals surface area contributed by atoms with E-state index in [0.29, 0.717) is 17.1 Å². The Kier molecular flexibility index (Phi) is 6.68. The minimum absolute atomic E-state index is 0.0287. The largest absolute Gasteiger partial charge is 0.369 e. The second-order valence-corrected chi connectivity index (χ2v) is 5.27. The van der Waals surface area contributed by atoms with E-state index in [1.165, 1.54) is 0 Å². The number of nitrogens with two attached hydrogens (primary N) is 1. The van der Waals surface area contributed by atoms with Crippen molar-refractivity contribution in [2.24, 2.45) is 5.73 Å². The number of rotatable bonds is 8. The van der Waals surface area contributed by atoms with Gasteiger partial charge in [-0.1, -0.05) is 24.9 Å². The van der Waals surface area contributed by atoms with Crippen LogP contribution in [-0.4, -0.2) is 35.7 Å². The van der Waals surface area contributed by atoms with E-state index in [4.69, 9.17) is 17.3 Å². The van der Waals surface area contributed by atoms with Gasteiger partial charge >= 0.3 is 0 Å². The average molecular weight is 297 g/mol. The van der Waals surface area contributed by atoms with Gasteiger partial charge in [0.05, 0.1) is 12.6 Å². The van der Waals surface area contributed by atoms with Crippen LogP contribution in [0.25, 0.3) is 0 Å². The van der Waals surface area contributed by atoms with Crippen molar-refractivity contribution in [3.05, 3.63) is 34.9 Å². The van der Waals surface area contributed by atoms with E-state index in [0.717, 1.165) is 12.8 Å². The highest BCUT2D eigenvalue weighted by Crippen LogP contribution is 2.14. The smallest absolute Gasteiger partial charge is 0.231 e. The Morgan fingerprint density at radius 3 is 2.40 bits per heavy atom. The molecule has 0 radical (unpaired) electrons. The van der Waals surface area contributed by atoms with Crippen molar-refractivity contribution in [1.29, 1.82) is 0 Å². The summed E-state index contributed by atoms with van der Waals surface area (Å²) in [5.41, 5.74) is 5.84. The van der Waals surface area contributed by atoms with Crippen molar-refractivity contribution in [3.63, 3.8) is 0 Å². The highest BCUT2D eigenvalue weighted by Gasteiger charge is 2.23. The molecule has 1 rings (SSSR count). The second kappa shape index (κ2) is 8.02. The Bertz CT molecular complexity index is 459. The van der Waals surface area contributed by atoms with Crippen molar-refractivity contribution in [3.8, 4) is 0 Å². The first-order valence-electron chi connectivity index (χ1n) is 6.77. The third-order valence-corrected chi connectivity index (χ3v) is 3.47. The summed E-state index contributed by atoms with van der Waals surface area (Å²) in [6, 6.07) is 6.39. The molecular formula is C15H21ClN2O2. The molecule has 0 aliphatic heterocycles. The lowest BCUT2D eigenvalue weighted by Crippen LogP contribution is -2.44. The number of hydrogen-bond acceptors (Lipinski definition) is 3. The predicted molar refractivity (Wildman–Crippen MR) is 80.9 cm³/mol. The van der Waals surface area contributed by atoms with Crippen LogP contribution in [-0.2, 0) is 4.79 Å². The molecule has 0 aromatic heterocycles. The number of ketones is 1. The monoisotopic (exact) mass is 296 g/mol. The summed E-state index contributed by atoms with van der Waals surface area (Å²) in [6.07, 6.45) is 1.92. The van der Waals surface area contributed by atoms with Gasteiger partial charge in [-0.25, -0.2) is 0 Å². The predicted octanol–water partition coefficient (Wildman–Crippen LogP) is 2.50. The van der Waals surface area contributed by atoms with Gasteiger partial charge < -0.3 is 5.73 Å². The molecule has 5 heteroatoms. The summed E-state index contributed by atoms with van der Waals surface area (Å²) >= 11 is 5.81. The highest BCUT2D eigenvalue weighted by molar-refractivity contribution is 6.30. The van der Waals surface area contributed by atoms with Crippen LogP contribution in [0.5, 0.6) is 0 Å². The zero-order valence-electron chi connectivity index (χ0n) is 11.9. The fourth-order valence-electron chi connectivity index (χ4n) is 1.99. The number of hydrogen-bond donors (Lipinski definition) is 1. The lowest BCUT2D eigenvalue weighted by atomic mass is 10.0. The van der Waals surface area contributed by atoms with Gasteiger partial charge in [0.2, 0.25) is 5.91 Å². The van der Waals surface area contributed by atoms with Crippen LogP contribution in [0.4, 0.5) is 0 Å². The summed E-state index contributed by atoms with van der Waals surface area (Å²) in [6.45, 7) is 4.64. The minimum atomic E-state index is -0.420. The SMILES string of the molecule is CCCCN(CC(N)=O)C(C)C(=O)c1ccc(Cl)cc1. The first-order chi connectivity index (χ1) is 9.45. The Hall–Kier alpha value is -1.39. The lowest BCUT2D eigenvalue weighted by Gasteiger charge is -2.26. The standard InChI is InChI=1S/C15H21ClN2O2/c1-3-4-9-18(10-14(17)19)11(2)15(20)12-5-7-13(16)8-6-12/h5-8,11H,3-4,9-10H2,1-2H3,(H2,17,19). The van der Waals surface area contributed by atoms with Crippen molar-refractivity contribution in [2.75, 3.05) is 13.1 Å². The molecule has 0 saturated carbocycles. The van der Waals surface area contributed by atoms with E-state index >= 15 is 0 Å². The third-order valence-electron chi connectivity index (χ3n) is 3.21. The number of primary amides is 1. The molecule has 0 fully saturated rings. The molecule has 0 bridgehead atoms. The Morgan fingerprint density at radius 1 is 1.30 bits per heavy atom. The Balaban J connectivity index is 2.81. The number of Topliss-reactive ketones (excluding diaryl/α,β-unsaturated/α-hetero) is 1. The summed E-state index contributed by atoms with van der Waals surface area (Å²) in [5.74, 6) is -0.448. The fourth-order valence-corrected chi connectivity index (χ4v) is 2.12. The molecule has 20 heavy (non-hydrogen) atoms. The number of carbonyl (C=O) groups excluding carboxylic acids is 2. The van der Waals surface area contributed by atoms with Crippen LogP contribution in [0.3, 0.4) is 0 Å². The summed E-state index contributed by atoms with van der Waals surface area (Å²) in [7, 11) is 0. The van der Waals surface area contributed by atoms with E-state index in [-0.39, 0.29) is 18.4 Å². The molecule has 1 unspecified atom stereocenters. The van der Waals surface area contributed by atoms with Crippen molar-refractivity contribution in [1.82, 2.24) is 4.90 Å². The molecule has 0 aliphatic carbocycles. The van der Waals surface area contributed by atoms with Crippen LogP contribution in [0.1, 0.15) is 37.0 Å². The molecule has 1 amide bonds. The van der Waals surface area contributed by atoms with Gasteiger partial charge in [-0.3, -0.25) is 14.5 Å². The number of nitrogens with zero attached hydrogens (tertiary/aromatic N) is 1. The van der Waals surface area contributed by atoms with Crippen molar-refractivity contribution >= 4 is 23.3 Å². The maximum atomic E-state index is 12.4. The first kappa shape index (κ1) is 16.7. The summed E-state index contributed by atoms with van der Waals surface area (Å²) in [4.78, 5) is 25.4. The quantitative estimate of drug-likeness (QED) is 0.750. The molecular weight excluding hydrogens is 276 g/mol. The maximum Gasteiger partial charge on any atom is 0.231 e. The Labute approximate surface area is 124 Å². The van der Waals surface area contributed by atoms with Crippen LogP contribution < -0.4 is 5.73 Å². The molecule has 2 N–H and O–H groups in total. The Morgan fingerprint density at radius 2 is 1.90 bits per heavy atom. The van der Waals surface area contributed by atoms with Crippen LogP contribution in [0, 0.1) is 0 Å². The molecule has 1 atom stereocenters. The van der Waals surface area contributed by atoms with Gasteiger partial charge in [0, 0.05) is 10.6 Å². The van der Waals surface area contributed by atoms with Crippen molar-refractivity contribution in [2.45, 2.75) is 32.7 Å². The van der Waals surface area contributed by atoms with Crippen molar-refractivity contribution < 1.29 is 9.59 Å². The van der Waals surface area contributed by atoms with E-state index in [1.54, 1.807) is 31.2 Å².